The zero-order chi connectivity index (χ0) is 16.0. The first kappa shape index (κ1) is 16.2. The number of aliphatic hydroxyl groups is 1. The fourth-order valence-corrected chi connectivity index (χ4v) is 4.64. The van der Waals surface area contributed by atoms with Gasteiger partial charge in [0.2, 0.25) is 10.0 Å². The highest BCUT2D eigenvalue weighted by Crippen LogP contribution is 2.39. The molecule has 2 rings (SSSR count). The molecule has 0 amide bonds. The molecule has 0 aliphatic carbocycles. The van der Waals surface area contributed by atoms with Crippen molar-refractivity contribution in [3.63, 3.8) is 0 Å². The van der Waals surface area contributed by atoms with E-state index in [4.69, 9.17) is 0 Å². The summed E-state index contributed by atoms with van der Waals surface area (Å²) < 4.78 is 27.1. The van der Waals surface area contributed by atoms with Gasteiger partial charge in [-0.05, 0) is 39.8 Å². The van der Waals surface area contributed by atoms with Gasteiger partial charge in [-0.3, -0.25) is 0 Å². The lowest BCUT2D eigenvalue weighted by atomic mass is 9.89. The molecule has 5 heteroatoms. The number of hydrogen-bond acceptors (Lipinski definition) is 3. The van der Waals surface area contributed by atoms with Crippen molar-refractivity contribution in [2.45, 2.75) is 44.2 Å². The van der Waals surface area contributed by atoms with Crippen LogP contribution in [0.1, 0.15) is 26.3 Å². The minimum Gasteiger partial charge on any atom is -0.391 e. The van der Waals surface area contributed by atoms with Crippen LogP contribution in [0.5, 0.6) is 0 Å². The van der Waals surface area contributed by atoms with Gasteiger partial charge in [0.1, 0.15) is 0 Å². The van der Waals surface area contributed by atoms with Crippen molar-refractivity contribution in [2.75, 3.05) is 6.54 Å². The summed E-state index contributed by atoms with van der Waals surface area (Å²) in [6, 6.07) is 6.79. The molecule has 1 heterocycles. The Bertz CT molecular complexity index is 647. The van der Waals surface area contributed by atoms with Gasteiger partial charge in [-0.2, -0.15) is 4.31 Å². The van der Waals surface area contributed by atoms with Crippen LogP contribution in [0.15, 0.2) is 41.3 Å². The second-order valence-corrected chi connectivity index (χ2v) is 8.26. The van der Waals surface area contributed by atoms with Gasteiger partial charge < -0.3 is 5.11 Å². The van der Waals surface area contributed by atoms with Crippen molar-refractivity contribution in [3.8, 4) is 0 Å². The van der Waals surface area contributed by atoms with Gasteiger partial charge in [0.05, 0.1) is 16.5 Å². The van der Waals surface area contributed by atoms with Gasteiger partial charge in [-0.25, -0.2) is 8.42 Å². The topological polar surface area (TPSA) is 57.6 Å². The largest absolute Gasteiger partial charge is 0.391 e. The van der Waals surface area contributed by atoms with E-state index in [2.05, 4.69) is 6.58 Å². The van der Waals surface area contributed by atoms with E-state index in [-0.39, 0.29) is 17.4 Å². The second kappa shape index (κ2) is 5.23. The molecule has 4 nitrogen and oxygen atoms in total. The summed E-state index contributed by atoms with van der Waals surface area (Å²) in [5.74, 6) is -0.236. The Labute approximate surface area is 127 Å². The lowest BCUT2D eigenvalue weighted by molar-refractivity contribution is 0.0731. The number of benzene rings is 1. The van der Waals surface area contributed by atoms with E-state index in [9.17, 15) is 13.5 Å². The highest BCUT2D eigenvalue weighted by atomic mass is 32.2. The summed E-state index contributed by atoms with van der Waals surface area (Å²) in [4.78, 5) is 0.260. The molecule has 0 unspecified atom stereocenters. The van der Waals surface area contributed by atoms with Crippen LogP contribution >= 0.6 is 0 Å². The first-order valence-electron chi connectivity index (χ1n) is 7.01. The number of nitrogens with zero attached hydrogens (tertiary/aromatic N) is 1. The zero-order valence-corrected chi connectivity index (χ0v) is 13.8. The van der Waals surface area contributed by atoms with Crippen LogP contribution in [-0.2, 0) is 10.0 Å². The Balaban J connectivity index is 2.45. The van der Waals surface area contributed by atoms with Gasteiger partial charge in [0, 0.05) is 12.5 Å². The third-order valence-electron chi connectivity index (χ3n) is 4.35. The average Bonchev–Trinajstić information content (AvgIpc) is 2.62. The molecule has 2 atom stereocenters. The van der Waals surface area contributed by atoms with Gasteiger partial charge in [0.25, 0.3) is 0 Å². The van der Waals surface area contributed by atoms with Gasteiger partial charge in [0.15, 0.2) is 0 Å². The maximum atomic E-state index is 12.9. The number of aryl methyl sites for hydroxylation is 1. The number of aliphatic hydroxyl groups excluding tert-OH is 1. The lowest BCUT2D eigenvalue weighted by Crippen LogP contribution is -2.48. The van der Waals surface area contributed by atoms with Crippen LogP contribution < -0.4 is 0 Å². The Morgan fingerprint density at radius 2 is 1.86 bits per heavy atom. The quantitative estimate of drug-likeness (QED) is 0.872. The third-order valence-corrected chi connectivity index (χ3v) is 6.42. The molecule has 1 saturated heterocycles. The summed E-state index contributed by atoms with van der Waals surface area (Å²) >= 11 is 0. The summed E-state index contributed by atoms with van der Waals surface area (Å²) in [7, 11) is -3.63. The Kier molecular flexibility index (Phi) is 4.04. The molecule has 1 aliphatic rings. The number of hydrogen-bond donors (Lipinski definition) is 1. The first-order chi connectivity index (χ1) is 9.58. The molecule has 1 aromatic carbocycles. The van der Waals surface area contributed by atoms with Gasteiger partial charge >= 0.3 is 0 Å². The van der Waals surface area contributed by atoms with E-state index in [0.717, 1.165) is 11.1 Å². The highest BCUT2D eigenvalue weighted by Gasteiger charge is 2.52. The summed E-state index contributed by atoms with van der Waals surface area (Å²) in [5.41, 5.74) is 0.958. The van der Waals surface area contributed by atoms with Crippen LogP contribution in [0.2, 0.25) is 0 Å². The smallest absolute Gasteiger partial charge is 0.243 e. The maximum absolute atomic E-state index is 12.9. The SMILES string of the molecule is C=C(C)[C@H]1CN(S(=O)(=O)c2ccc(C)cc2)C(C)(C)[C@H]1O. The van der Waals surface area contributed by atoms with Gasteiger partial charge in [-0.15, -0.1) is 0 Å². The molecule has 1 aliphatic heterocycles. The molecule has 0 spiro atoms. The molecule has 1 aromatic rings. The zero-order valence-electron chi connectivity index (χ0n) is 13.0. The molecular weight excluding hydrogens is 286 g/mol. The Hall–Kier alpha value is -1.17. The third kappa shape index (κ3) is 2.65. The van der Waals surface area contributed by atoms with Crippen LogP contribution in [0.3, 0.4) is 0 Å². The van der Waals surface area contributed by atoms with Crippen LogP contribution in [0, 0.1) is 12.8 Å². The second-order valence-electron chi connectivity index (χ2n) is 6.40. The van der Waals surface area contributed by atoms with Crippen molar-refractivity contribution in [3.05, 3.63) is 42.0 Å². The van der Waals surface area contributed by atoms with Crippen molar-refractivity contribution >= 4 is 10.0 Å². The molecule has 0 bridgehead atoms. The van der Waals surface area contributed by atoms with Crippen LogP contribution in [0.25, 0.3) is 0 Å². The molecule has 1 fully saturated rings. The minimum absolute atomic E-state index is 0.236. The molecule has 0 saturated carbocycles. The van der Waals surface area contributed by atoms with Gasteiger partial charge in [-0.1, -0.05) is 29.8 Å². The minimum atomic E-state index is -3.63. The van der Waals surface area contributed by atoms with Crippen molar-refractivity contribution in [2.24, 2.45) is 5.92 Å². The molecular formula is C16H23NO3S. The van der Waals surface area contributed by atoms with E-state index in [1.54, 1.807) is 38.1 Å². The summed E-state index contributed by atoms with van der Waals surface area (Å²) in [6.45, 7) is 11.4. The Morgan fingerprint density at radius 3 is 2.29 bits per heavy atom. The van der Waals surface area contributed by atoms with E-state index < -0.39 is 21.7 Å². The fourth-order valence-electron chi connectivity index (χ4n) is 2.82. The molecule has 21 heavy (non-hydrogen) atoms. The normalized spacial score (nSPS) is 26.0. The number of sulfonamides is 1. The molecule has 0 aromatic heterocycles. The summed E-state index contributed by atoms with van der Waals surface area (Å²) in [6.07, 6.45) is -0.754. The maximum Gasteiger partial charge on any atom is 0.243 e. The number of rotatable bonds is 3. The van der Waals surface area contributed by atoms with E-state index in [1.807, 2.05) is 13.8 Å². The van der Waals surface area contributed by atoms with Crippen LogP contribution in [0.4, 0.5) is 0 Å². The first-order valence-corrected chi connectivity index (χ1v) is 8.45. The van der Waals surface area contributed by atoms with E-state index in [0.29, 0.717) is 0 Å². The van der Waals surface area contributed by atoms with E-state index in [1.165, 1.54) is 4.31 Å². The fraction of sp³-hybridized carbons (Fsp3) is 0.500. The lowest BCUT2D eigenvalue weighted by Gasteiger charge is -2.33. The van der Waals surface area contributed by atoms with Crippen molar-refractivity contribution in [1.29, 1.82) is 0 Å². The van der Waals surface area contributed by atoms with Crippen LogP contribution in [-0.4, -0.2) is 36.0 Å². The van der Waals surface area contributed by atoms with Crippen molar-refractivity contribution in [1.82, 2.24) is 4.31 Å². The predicted molar refractivity (Wildman–Crippen MR) is 83.5 cm³/mol. The highest BCUT2D eigenvalue weighted by molar-refractivity contribution is 7.89. The molecule has 0 radical (unpaired) electrons. The Morgan fingerprint density at radius 1 is 1.33 bits per heavy atom. The standard InChI is InChI=1S/C16H23NO3S/c1-11(2)14-10-17(16(4,5)15(14)18)21(19,20)13-8-6-12(3)7-9-13/h6-9,14-15,18H,1,10H2,2-5H3/t14-,15+/m1/s1. The van der Waals surface area contributed by atoms with Crippen molar-refractivity contribution < 1.29 is 13.5 Å². The summed E-state index contributed by atoms with van der Waals surface area (Å²) in [5, 5.41) is 10.4. The average molecular weight is 309 g/mol. The molecule has 1 N–H and O–H groups in total. The predicted octanol–water partition coefficient (Wildman–Crippen LogP) is 2.33. The monoisotopic (exact) mass is 309 g/mol. The van der Waals surface area contributed by atoms with E-state index >= 15 is 0 Å². The molecule has 116 valence electrons.